The first-order valence-corrected chi connectivity index (χ1v) is 10.1. The van der Waals surface area contributed by atoms with E-state index < -0.39 is 23.6 Å². The standard InChI is InChI=1S/C23H21F4N3O2/c1-3-30(12(2)15-6-5-14(9-19(15)24)23(25,26)27)22(31)13-4-7-20-16(8-13)17-10-32-11-18(17)21(28)29-20/h4-9,12H,3,10-11H2,1-2H3,(H2,28,29)/t12-/m1/s1. The molecule has 32 heavy (non-hydrogen) atoms. The molecule has 2 heterocycles. The van der Waals surface area contributed by atoms with Gasteiger partial charge in [-0.2, -0.15) is 13.2 Å². The number of pyridine rings is 1. The summed E-state index contributed by atoms with van der Waals surface area (Å²) in [5.41, 5.74) is 7.60. The summed E-state index contributed by atoms with van der Waals surface area (Å²) >= 11 is 0. The Labute approximate surface area is 181 Å². The molecular formula is C23H21F4N3O2. The highest BCUT2D eigenvalue weighted by molar-refractivity contribution is 5.99. The minimum Gasteiger partial charge on any atom is -0.383 e. The van der Waals surface area contributed by atoms with Gasteiger partial charge in [0.1, 0.15) is 11.6 Å². The predicted octanol–water partition coefficient (Wildman–Crippen LogP) is 5.23. The Morgan fingerprint density at radius 3 is 2.56 bits per heavy atom. The highest BCUT2D eigenvalue weighted by Gasteiger charge is 2.32. The van der Waals surface area contributed by atoms with E-state index >= 15 is 0 Å². The third-order valence-corrected chi connectivity index (χ3v) is 5.82. The van der Waals surface area contributed by atoms with E-state index in [2.05, 4.69) is 4.98 Å². The molecule has 0 radical (unpaired) electrons. The normalized spacial score (nSPS) is 14.4. The van der Waals surface area contributed by atoms with Gasteiger partial charge in [0, 0.05) is 28.6 Å². The molecule has 1 atom stereocenters. The fourth-order valence-electron chi connectivity index (χ4n) is 4.07. The Hall–Kier alpha value is -3.20. The van der Waals surface area contributed by atoms with Crippen molar-refractivity contribution in [2.75, 3.05) is 12.3 Å². The van der Waals surface area contributed by atoms with Crippen molar-refractivity contribution in [2.24, 2.45) is 0 Å². The van der Waals surface area contributed by atoms with E-state index in [9.17, 15) is 22.4 Å². The number of carbonyl (C=O) groups excluding carboxylic acids is 1. The molecule has 5 nitrogen and oxygen atoms in total. The van der Waals surface area contributed by atoms with Crippen LogP contribution >= 0.6 is 0 Å². The lowest BCUT2D eigenvalue weighted by Gasteiger charge is -2.29. The lowest BCUT2D eigenvalue weighted by molar-refractivity contribution is -0.137. The van der Waals surface area contributed by atoms with E-state index in [0.29, 0.717) is 36.2 Å². The highest BCUT2D eigenvalue weighted by atomic mass is 19.4. The molecule has 3 aromatic rings. The van der Waals surface area contributed by atoms with Gasteiger partial charge in [-0.1, -0.05) is 6.07 Å². The lowest BCUT2D eigenvalue weighted by Crippen LogP contribution is -2.34. The summed E-state index contributed by atoms with van der Waals surface area (Å²) in [6, 6.07) is 6.59. The van der Waals surface area contributed by atoms with Crippen LogP contribution in [0.3, 0.4) is 0 Å². The molecule has 0 fully saturated rings. The van der Waals surface area contributed by atoms with Crippen LogP contribution in [0.2, 0.25) is 0 Å². The molecule has 0 saturated carbocycles. The van der Waals surface area contributed by atoms with Gasteiger partial charge in [-0.05, 0) is 49.7 Å². The molecular weight excluding hydrogens is 426 g/mol. The molecule has 0 aliphatic carbocycles. The molecule has 0 bridgehead atoms. The van der Waals surface area contributed by atoms with Crippen molar-refractivity contribution >= 4 is 22.6 Å². The van der Waals surface area contributed by atoms with Gasteiger partial charge < -0.3 is 15.4 Å². The van der Waals surface area contributed by atoms with Gasteiger partial charge >= 0.3 is 6.18 Å². The lowest BCUT2D eigenvalue weighted by atomic mass is 10.0. The number of nitrogens with zero attached hydrogens (tertiary/aromatic N) is 2. The molecule has 0 unspecified atom stereocenters. The van der Waals surface area contributed by atoms with E-state index in [4.69, 9.17) is 10.5 Å². The molecule has 0 spiro atoms. The smallest absolute Gasteiger partial charge is 0.383 e. The third-order valence-electron chi connectivity index (χ3n) is 5.82. The Bertz CT molecular complexity index is 1210. The van der Waals surface area contributed by atoms with E-state index in [-0.39, 0.29) is 18.0 Å². The predicted molar refractivity (Wildman–Crippen MR) is 111 cm³/mol. The number of fused-ring (bicyclic) bond motifs is 3. The largest absolute Gasteiger partial charge is 0.416 e. The van der Waals surface area contributed by atoms with Gasteiger partial charge in [-0.15, -0.1) is 0 Å². The van der Waals surface area contributed by atoms with E-state index in [1.54, 1.807) is 32.0 Å². The maximum absolute atomic E-state index is 14.5. The quantitative estimate of drug-likeness (QED) is 0.557. The number of amides is 1. The SMILES string of the molecule is CCN(C(=O)c1ccc2nc(N)c3c(c2c1)COC3)[C@H](C)c1ccc(C(F)(F)F)cc1F. The zero-order chi connectivity index (χ0) is 23.2. The number of hydrogen-bond acceptors (Lipinski definition) is 4. The van der Waals surface area contributed by atoms with Crippen molar-refractivity contribution in [1.82, 2.24) is 9.88 Å². The maximum atomic E-state index is 14.5. The first kappa shape index (κ1) is 22.0. The number of aromatic nitrogens is 1. The van der Waals surface area contributed by atoms with Crippen molar-refractivity contribution in [3.05, 3.63) is 70.0 Å². The average Bonchev–Trinajstić information content (AvgIpc) is 3.24. The van der Waals surface area contributed by atoms with Gasteiger partial charge in [0.15, 0.2) is 0 Å². The van der Waals surface area contributed by atoms with Gasteiger partial charge in [0.05, 0.1) is 30.3 Å². The highest BCUT2D eigenvalue weighted by Crippen LogP contribution is 2.34. The van der Waals surface area contributed by atoms with Crippen LogP contribution < -0.4 is 5.73 Å². The molecule has 0 saturated heterocycles. The minimum absolute atomic E-state index is 0.0118. The van der Waals surface area contributed by atoms with E-state index in [1.165, 1.54) is 4.90 Å². The van der Waals surface area contributed by atoms with Gasteiger partial charge in [-0.25, -0.2) is 9.37 Å². The Morgan fingerprint density at radius 1 is 1.19 bits per heavy atom. The maximum Gasteiger partial charge on any atom is 0.416 e. The Morgan fingerprint density at radius 2 is 1.91 bits per heavy atom. The van der Waals surface area contributed by atoms with Crippen LogP contribution in [0.5, 0.6) is 0 Å². The molecule has 4 rings (SSSR count). The molecule has 2 aromatic carbocycles. The second-order valence-electron chi connectivity index (χ2n) is 7.68. The van der Waals surface area contributed by atoms with Crippen molar-refractivity contribution < 1.29 is 27.1 Å². The van der Waals surface area contributed by atoms with Crippen molar-refractivity contribution in [3.8, 4) is 0 Å². The molecule has 1 aromatic heterocycles. The number of anilines is 1. The number of benzene rings is 2. The number of nitrogens with two attached hydrogens (primary N) is 1. The molecule has 2 N–H and O–H groups in total. The summed E-state index contributed by atoms with van der Waals surface area (Å²) in [5.74, 6) is -0.983. The average molecular weight is 447 g/mol. The topological polar surface area (TPSA) is 68.5 Å². The third kappa shape index (κ3) is 3.77. The number of carbonyl (C=O) groups is 1. The molecule has 1 aliphatic heterocycles. The fraction of sp³-hybridized carbons (Fsp3) is 0.304. The second kappa shape index (κ2) is 8.05. The number of hydrogen-bond donors (Lipinski definition) is 1. The Balaban J connectivity index is 1.68. The van der Waals surface area contributed by atoms with Gasteiger partial charge in [-0.3, -0.25) is 4.79 Å². The van der Waals surface area contributed by atoms with E-state index in [0.717, 1.165) is 28.6 Å². The van der Waals surface area contributed by atoms with Crippen LogP contribution in [0.15, 0.2) is 36.4 Å². The molecule has 1 amide bonds. The first-order chi connectivity index (χ1) is 15.1. The molecule has 1 aliphatic rings. The summed E-state index contributed by atoms with van der Waals surface area (Å²) in [4.78, 5) is 19.1. The number of rotatable bonds is 4. The minimum atomic E-state index is -4.64. The fourth-order valence-corrected chi connectivity index (χ4v) is 4.07. The molecule has 9 heteroatoms. The summed E-state index contributed by atoms with van der Waals surface area (Å²) in [6.07, 6.45) is -4.64. The summed E-state index contributed by atoms with van der Waals surface area (Å²) < 4.78 is 58.6. The van der Waals surface area contributed by atoms with Crippen LogP contribution in [0.1, 0.15) is 52.5 Å². The van der Waals surface area contributed by atoms with Crippen LogP contribution in [-0.4, -0.2) is 22.3 Å². The monoisotopic (exact) mass is 447 g/mol. The van der Waals surface area contributed by atoms with Gasteiger partial charge in [0.25, 0.3) is 5.91 Å². The molecule has 168 valence electrons. The zero-order valence-corrected chi connectivity index (χ0v) is 17.5. The van der Waals surface area contributed by atoms with Crippen molar-refractivity contribution in [1.29, 1.82) is 0 Å². The number of nitrogen functional groups attached to an aromatic ring is 1. The van der Waals surface area contributed by atoms with Gasteiger partial charge in [0.2, 0.25) is 0 Å². The van der Waals surface area contributed by atoms with Crippen molar-refractivity contribution in [3.63, 3.8) is 0 Å². The van der Waals surface area contributed by atoms with E-state index in [1.807, 2.05) is 0 Å². The van der Waals surface area contributed by atoms with Crippen LogP contribution in [-0.2, 0) is 24.1 Å². The number of ether oxygens (including phenoxy) is 1. The number of alkyl halides is 3. The summed E-state index contributed by atoms with van der Waals surface area (Å²) in [6.45, 7) is 4.27. The Kier molecular flexibility index (Phi) is 5.54. The second-order valence-corrected chi connectivity index (χ2v) is 7.68. The zero-order valence-electron chi connectivity index (χ0n) is 17.5. The number of halogens is 4. The first-order valence-electron chi connectivity index (χ1n) is 10.1. The van der Waals surface area contributed by atoms with Crippen LogP contribution in [0.25, 0.3) is 10.9 Å². The van der Waals surface area contributed by atoms with Crippen LogP contribution in [0, 0.1) is 5.82 Å². The van der Waals surface area contributed by atoms with Crippen molar-refractivity contribution in [2.45, 2.75) is 39.3 Å². The summed E-state index contributed by atoms with van der Waals surface area (Å²) in [7, 11) is 0. The summed E-state index contributed by atoms with van der Waals surface area (Å²) in [5, 5.41) is 0.752. The van der Waals surface area contributed by atoms with Crippen LogP contribution in [0.4, 0.5) is 23.4 Å².